The second-order valence-electron chi connectivity index (χ2n) is 8.29. The van der Waals surface area contributed by atoms with E-state index < -0.39 is 16.9 Å². The molecule has 3 N–H and O–H groups in total. The van der Waals surface area contributed by atoms with Gasteiger partial charge in [0.05, 0.1) is 25.4 Å². The van der Waals surface area contributed by atoms with Crippen molar-refractivity contribution < 1.29 is 19.6 Å². The lowest BCUT2D eigenvalue weighted by atomic mass is 10.1. The fraction of sp³-hybridized carbons (Fsp3) is 0.160. The van der Waals surface area contributed by atoms with Crippen LogP contribution in [0.1, 0.15) is 26.9 Å². The second kappa shape index (κ2) is 10.5. The number of hydrogen-bond acceptors (Lipinski definition) is 9. The van der Waals surface area contributed by atoms with Crippen molar-refractivity contribution in [2.75, 3.05) is 11.1 Å². The number of thiazole rings is 1. The van der Waals surface area contributed by atoms with E-state index in [-0.39, 0.29) is 17.0 Å². The van der Waals surface area contributed by atoms with Crippen molar-refractivity contribution >= 4 is 68.3 Å². The summed E-state index contributed by atoms with van der Waals surface area (Å²) in [5.74, 6) is -0.745. The highest BCUT2D eigenvalue weighted by atomic mass is 32.2. The number of anilines is 1. The molecule has 5 rings (SSSR count). The molecule has 0 radical (unpaired) electrons. The minimum atomic E-state index is -0.939. The molecule has 1 amide bonds. The zero-order chi connectivity index (χ0) is 26.1. The molecule has 2 atom stereocenters. The number of fused-ring (bicyclic) bond motifs is 1. The number of carboxylic acids is 1. The van der Waals surface area contributed by atoms with E-state index in [0.29, 0.717) is 31.8 Å². The molecule has 37 heavy (non-hydrogen) atoms. The third kappa shape index (κ3) is 5.47. The lowest BCUT2D eigenvalue weighted by molar-refractivity contribution is -0.387. The lowest BCUT2D eigenvalue weighted by Gasteiger charge is -2.12. The minimum Gasteiger partial charge on any atom is -0.480 e. The Balaban J connectivity index is 1.35. The van der Waals surface area contributed by atoms with Crippen LogP contribution in [0.25, 0.3) is 10.2 Å². The molecule has 1 aliphatic heterocycles. The maximum Gasteiger partial charge on any atom is 0.321 e. The SMILES string of the molecule is Cc1ccccc1C(=O)Nc1ccc2nc(Sc3ccc([C@@H]4N[C@H](C(=O)O)CS4)cc3[N+](=O)[O-])sc2c1. The van der Waals surface area contributed by atoms with Crippen LogP contribution in [0.5, 0.6) is 0 Å². The number of nitro groups is 1. The zero-order valence-electron chi connectivity index (χ0n) is 19.3. The molecule has 0 spiro atoms. The first-order valence-electron chi connectivity index (χ1n) is 11.1. The number of nitro benzene ring substituents is 1. The molecule has 0 unspecified atom stereocenters. The number of rotatable bonds is 7. The Morgan fingerprint density at radius 1 is 1.19 bits per heavy atom. The Labute approximate surface area is 223 Å². The average molecular weight is 553 g/mol. The Bertz CT molecular complexity index is 1540. The third-order valence-electron chi connectivity index (χ3n) is 5.78. The summed E-state index contributed by atoms with van der Waals surface area (Å²) in [7, 11) is 0. The quantitative estimate of drug-likeness (QED) is 0.195. The van der Waals surface area contributed by atoms with E-state index in [9.17, 15) is 24.8 Å². The van der Waals surface area contributed by atoms with Crippen molar-refractivity contribution in [1.29, 1.82) is 0 Å². The van der Waals surface area contributed by atoms with Gasteiger partial charge in [0.2, 0.25) is 0 Å². The Morgan fingerprint density at radius 3 is 2.73 bits per heavy atom. The number of aliphatic carboxylic acids is 1. The predicted octanol–water partition coefficient (Wildman–Crippen LogP) is 5.70. The van der Waals surface area contributed by atoms with Crippen LogP contribution in [-0.2, 0) is 4.79 Å². The normalized spacial score (nSPS) is 17.1. The number of aromatic nitrogens is 1. The van der Waals surface area contributed by atoms with Gasteiger partial charge < -0.3 is 10.4 Å². The van der Waals surface area contributed by atoms with Crippen molar-refractivity contribution in [2.45, 2.75) is 27.6 Å². The molecule has 0 bridgehead atoms. The summed E-state index contributed by atoms with van der Waals surface area (Å²) in [6.45, 7) is 1.88. The summed E-state index contributed by atoms with van der Waals surface area (Å²) in [5, 5.41) is 26.6. The highest BCUT2D eigenvalue weighted by molar-refractivity contribution is 8.01. The summed E-state index contributed by atoms with van der Waals surface area (Å²) in [6, 6.07) is 17.0. The number of amides is 1. The molecule has 1 aliphatic rings. The van der Waals surface area contributed by atoms with Crippen LogP contribution < -0.4 is 10.6 Å². The number of nitrogens with one attached hydrogen (secondary N) is 2. The largest absolute Gasteiger partial charge is 0.480 e. The Hall–Kier alpha value is -3.45. The zero-order valence-corrected chi connectivity index (χ0v) is 21.8. The van der Waals surface area contributed by atoms with Crippen LogP contribution in [-0.4, -0.2) is 38.7 Å². The van der Waals surface area contributed by atoms with Gasteiger partial charge in [-0.05, 0) is 48.4 Å². The number of nitrogens with zero attached hydrogens (tertiary/aromatic N) is 2. The third-order valence-corrected chi connectivity index (χ3v) is 9.19. The van der Waals surface area contributed by atoms with E-state index in [4.69, 9.17) is 0 Å². The first-order valence-corrected chi connectivity index (χ1v) is 13.8. The number of hydrogen-bond donors (Lipinski definition) is 3. The highest BCUT2D eigenvalue weighted by Gasteiger charge is 2.31. The molecule has 0 aliphatic carbocycles. The van der Waals surface area contributed by atoms with Gasteiger partial charge in [-0.25, -0.2) is 4.98 Å². The summed E-state index contributed by atoms with van der Waals surface area (Å²) in [6.07, 6.45) is 0. The number of aryl methyl sites for hydroxylation is 1. The molecular formula is C25H20N4O5S3. The van der Waals surface area contributed by atoms with Gasteiger partial charge in [0.25, 0.3) is 11.6 Å². The molecule has 0 saturated carbocycles. The summed E-state index contributed by atoms with van der Waals surface area (Å²) < 4.78 is 1.48. The average Bonchev–Trinajstić information content (AvgIpc) is 3.51. The van der Waals surface area contributed by atoms with E-state index in [1.165, 1.54) is 40.9 Å². The van der Waals surface area contributed by atoms with Gasteiger partial charge in [-0.2, -0.15) is 0 Å². The van der Waals surface area contributed by atoms with Gasteiger partial charge in [0.15, 0.2) is 4.34 Å². The minimum absolute atomic E-state index is 0.0610. The number of benzene rings is 3. The second-order valence-corrected chi connectivity index (χ2v) is 11.7. The fourth-order valence-electron chi connectivity index (χ4n) is 3.88. The predicted molar refractivity (Wildman–Crippen MR) is 146 cm³/mol. The van der Waals surface area contributed by atoms with Crippen LogP contribution in [0.3, 0.4) is 0 Å². The Kier molecular flexibility index (Phi) is 7.15. The van der Waals surface area contributed by atoms with Gasteiger partial charge in [-0.3, -0.25) is 25.0 Å². The molecular weight excluding hydrogens is 532 g/mol. The number of carboxylic acid groups (broad SMARTS) is 1. The van der Waals surface area contributed by atoms with Crippen LogP contribution in [0.2, 0.25) is 0 Å². The molecule has 2 heterocycles. The summed E-state index contributed by atoms with van der Waals surface area (Å²) in [4.78, 5) is 40.3. The van der Waals surface area contributed by atoms with Gasteiger partial charge in [-0.1, -0.05) is 36.0 Å². The molecule has 188 valence electrons. The van der Waals surface area contributed by atoms with Gasteiger partial charge in [0.1, 0.15) is 6.04 Å². The van der Waals surface area contributed by atoms with Gasteiger partial charge >= 0.3 is 5.97 Å². The smallest absolute Gasteiger partial charge is 0.321 e. The molecule has 1 saturated heterocycles. The maximum absolute atomic E-state index is 12.7. The van der Waals surface area contributed by atoms with E-state index in [2.05, 4.69) is 15.6 Å². The monoisotopic (exact) mass is 552 g/mol. The molecule has 4 aromatic rings. The molecule has 1 fully saturated rings. The summed E-state index contributed by atoms with van der Waals surface area (Å²) in [5.41, 5.74) is 3.44. The molecule has 1 aromatic heterocycles. The maximum atomic E-state index is 12.7. The fourth-order valence-corrected chi connectivity index (χ4v) is 7.25. The first kappa shape index (κ1) is 25.2. The molecule has 12 heteroatoms. The van der Waals surface area contributed by atoms with E-state index in [1.807, 2.05) is 37.3 Å². The van der Waals surface area contributed by atoms with Gasteiger partial charge in [-0.15, -0.1) is 23.1 Å². The highest BCUT2D eigenvalue weighted by Crippen LogP contribution is 2.42. The Morgan fingerprint density at radius 2 is 2.00 bits per heavy atom. The van der Waals surface area contributed by atoms with Crippen molar-refractivity contribution in [3.05, 3.63) is 87.5 Å². The van der Waals surface area contributed by atoms with E-state index in [1.54, 1.807) is 24.3 Å². The summed E-state index contributed by atoms with van der Waals surface area (Å²) >= 11 is 3.99. The van der Waals surface area contributed by atoms with Crippen LogP contribution in [0.15, 0.2) is 69.9 Å². The first-order chi connectivity index (χ1) is 17.8. The van der Waals surface area contributed by atoms with Crippen molar-refractivity contribution in [3.63, 3.8) is 0 Å². The van der Waals surface area contributed by atoms with E-state index in [0.717, 1.165) is 15.8 Å². The molecule has 3 aromatic carbocycles. The lowest BCUT2D eigenvalue weighted by Crippen LogP contribution is -2.33. The number of carbonyl (C=O) groups excluding carboxylic acids is 1. The van der Waals surface area contributed by atoms with Crippen LogP contribution >= 0.6 is 34.9 Å². The van der Waals surface area contributed by atoms with Crippen molar-refractivity contribution in [2.24, 2.45) is 0 Å². The number of carbonyl (C=O) groups is 2. The number of thioether (sulfide) groups is 1. The van der Waals surface area contributed by atoms with Crippen LogP contribution in [0.4, 0.5) is 11.4 Å². The van der Waals surface area contributed by atoms with Crippen molar-refractivity contribution in [3.8, 4) is 0 Å². The topological polar surface area (TPSA) is 134 Å². The van der Waals surface area contributed by atoms with Gasteiger partial charge in [0, 0.05) is 23.1 Å². The standard InChI is InChI=1S/C25H20N4O5S3/c1-13-4-2-3-5-16(13)22(30)26-15-7-8-17-21(11-15)37-25(28-17)36-20-9-6-14(10-19(20)29(33)34)23-27-18(12-35-23)24(31)32/h2-11,18,23,27H,12H2,1H3,(H,26,30)(H,31,32)/t18-,23+/m0/s1. The van der Waals surface area contributed by atoms with Crippen LogP contribution in [0, 0.1) is 17.0 Å². The van der Waals surface area contributed by atoms with Crippen molar-refractivity contribution in [1.82, 2.24) is 10.3 Å². The molecule has 9 nitrogen and oxygen atoms in total. The van der Waals surface area contributed by atoms with E-state index >= 15 is 0 Å².